The lowest BCUT2D eigenvalue weighted by molar-refractivity contribution is -0.128. The molecule has 2 aliphatic rings. The molecule has 2 aliphatic heterocycles. The molecule has 2 amide bonds. The van der Waals surface area contributed by atoms with E-state index in [0.29, 0.717) is 25.2 Å². The van der Waals surface area contributed by atoms with Crippen LogP contribution in [0.1, 0.15) is 23.3 Å². The number of amides is 2. The molecule has 2 saturated heterocycles. The van der Waals surface area contributed by atoms with Gasteiger partial charge in [0.25, 0.3) is 5.91 Å². The van der Waals surface area contributed by atoms with Crippen molar-refractivity contribution in [1.29, 1.82) is 0 Å². The molecule has 0 radical (unpaired) electrons. The highest BCUT2D eigenvalue weighted by atomic mass is 16.2. The molecule has 3 heterocycles. The highest BCUT2D eigenvalue weighted by Gasteiger charge is 2.48. The summed E-state index contributed by atoms with van der Waals surface area (Å²) in [6.45, 7) is 4.89. The molecule has 0 aromatic carbocycles. The molecule has 6 nitrogen and oxygen atoms in total. The van der Waals surface area contributed by atoms with E-state index < -0.39 is 0 Å². The number of hydrogen-bond donors (Lipinski definition) is 0. The van der Waals surface area contributed by atoms with Gasteiger partial charge < -0.3 is 9.80 Å². The maximum atomic E-state index is 12.4. The van der Waals surface area contributed by atoms with Crippen LogP contribution in [0.3, 0.4) is 0 Å². The van der Waals surface area contributed by atoms with Crippen molar-refractivity contribution in [3.63, 3.8) is 0 Å². The smallest absolute Gasteiger partial charge is 0.274 e. The average molecular weight is 272 g/mol. The van der Waals surface area contributed by atoms with Gasteiger partial charge in [0.05, 0.1) is 18.3 Å². The average Bonchev–Trinajstić information content (AvgIpc) is 3.00. The van der Waals surface area contributed by atoms with Crippen molar-refractivity contribution in [1.82, 2.24) is 19.8 Å². The monoisotopic (exact) mass is 272 g/mol. The first-order chi connectivity index (χ1) is 9.72. The topological polar surface area (TPSA) is 66.4 Å². The van der Waals surface area contributed by atoms with Gasteiger partial charge in [-0.2, -0.15) is 0 Å². The zero-order valence-corrected chi connectivity index (χ0v) is 11.1. The summed E-state index contributed by atoms with van der Waals surface area (Å²) >= 11 is 0. The molecule has 2 fully saturated rings. The summed E-state index contributed by atoms with van der Waals surface area (Å²) in [5.41, 5.74) is 0.336. The molecule has 0 spiro atoms. The van der Waals surface area contributed by atoms with Crippen LogP contribution in [0, 0.1) is 0 Å². The van der Waals surface area contributed by atoms with Crippen molar-refractivity contribution in [3.05, 3.63) is 36.9 Å². The third-order valence-electron chi connectivity index (χ3n) is 3.98. The van der Waals surface area contributed by atoms with E-state index in [4.69, 9.17) is 0 Å². The van der Waals surface area contributed by atoms with Crippen molar-refractivity contribution in [2.75, 3.05) is 13.1 Å². The number of carbonyl (C=O) groups is 2. The molecule has 0 saturated carbocycles. The number of rotatable bonds is 3. The van der Waals surface area contributed by atoms with Crippen molar-refractivity contribution in [2.45, 2.75) is 24.9 Å². The minimum Gasteiger partial charge on any atom is -0.334 e. The molecule has 2 atom stereocenters. The molecule has 1 aromatic heterocycles. The third-order valence-corrected chi connectivity index (χ3v) is 3.98. The van der Waals surface area contributed by atoms with Gasteiger partial charge >= 0.3 is 0 Å². The third kappa shape index (κ3) is 1.97. The molecule has 20 heavy (non-hydrogen) atoms. The SMILES string of the molecule is C=CCN1C(=O)C[C@H]2[C@@H]1CCN2C(=O)c1cnccn1. The molecule has 0 aliphatic carbocycles. The number of likely N-dealkylation sites (tertiary alicyclic amines) is 2. The number of aromatic nitrogens is 2. The van der Waals surface area contributed by atoms with E-state index in [1.165, 1.54) is 18.6 Å². The lowest BCUT2D eigenvalue weighted by atomic mass is 10.1. The Bertz CT molecular complexity index is 545. The van der Waals surface area contributed by atoms with Crippen LogP contribution >= 0.6 is 0 Å². The Morgan fingerprint density at radius 2 is 2.30 bits per heavy atom. The van der Waals surface area contributed by atoms with E-state index in [0.717, 1.165) is 6.42 Å². The van der Waals surface area contributed by atoms with Gasteiger partial charge in [-0.05, 0) is 6.42 Å². The molecule has 104 valence electrons. The largest absolute Gasteiger partial charge is 0.334 e. The Hall–Kier alpha value is -2.24. The summed E-state index contributed by atoms with van der Waals surface area (Å²) < 4.78 is 0. The van der Waals surface area contributed by atoms with Gasteiger partial charge in [0.2, 0.25) is 5.91 Å². The van der Waals surface area contributed by atoms with E-state index in [9.17, 15) is 9.59 Å². The molecule has 0 N–H and O–H groups in total. The summed E-state index contributed by atoms with van der Waals surface area (Å²) in [6.07, 6.45) is 7.45. The number of hydrogen-bond acceptors (Lipinski definition) is 4. The lowest BCUT2D eigenvalue weighted by Gasteiger charge is -2.24. The molecule has 6 heteroatoms. The van der Waals surface area contributed by atoms with Gasteiger partial charge in [0, 0.05) is 31.9 Å². The quantitative estimate of drug-likeness (QED) is 0.751. The van der Waals surface area contributed by atoms with Gasteiger partial charge in [0.15, 0.2) is 0 Å². The Morgan fingerprint density at radius 3 is 3.00 bits per heavy atom. The van der Waals surface area contributed by atoms with Crippen molar-refractivity contribution in [2.24, 2.45) is 0 Å². The van der Waals surface area contributed by atoms with Gasteiger partial charge in [0.1, 0.15) is 5.69 Å². The number of nitrogens with zero attached hydrogens (tertiary/aromatic N) is 4. The van der Waals surface area contributed by atoms with Gasteiger partial charge in [-0.1, -0.05) is 6.08 Å². The summed E-state index contributed by atoms with van der Waals surface area (Å²) in [7, 11) is 0. The molecule has 1 aromatic rings. The molecular weight excluding hydrogens is 256 g/mol. The predicted octanol–water partition coefficient (Wildman–Crippen LogP) is 0.478. The zero-order valence-electron chi connectivity index (χ0n) is 11.1. The minimum atomic E-state index is -0.140. The second-order valence-electron chi connectivity index (χ2n) is 5.05. The highest BCUT2D eigenvalue weighted by molar-refractivity contribution is 5.93. The summed E-state index contributed by atoms with van der Waals surface area (Å²) in [6, 6.07) is 0.0677. The van der Waals surface area contributed by atoms with Crippen LogP contribution in [0.4, 0.5) is 0 Å². The van der Waals surface area contributed by atoms with E-state index >= 15 is 0 Å². The van der Waals surface area contributed by atoms with Crippen LogP contribution in [-0.2, 0) is 4.79 Å². The fourth-order valence-corrected chi connectivity index (χ4v) is 3.11. The van der Waals surface area contributed by atoms with Crippen LogP contribution in [0.25, 0.3) is 0 Å². The van der Waals surface area contributed by atoms with Gasteiger partial charge in [-0.15, -0.1) is 6.58 Å². The van der Waals surface area contributed by atoms with E-state index in [-0.39, 0.29) is 23.9 Å². The maximum Gasteiger partial charge on any atom is 0.274 e. The van der Waals surface area contributed by atoms with Crippen molar-refractivity contribution >= 4 is 11.8 Å². The second-order valence-corrected chi connectivity index (χ2v) is 5.05. The first-order valence-electron chi connectivity index (χ1n) is 6.69. The minimum absolute atomic E-state index is 0.0445. The van der Waals surface area contributed by atoms with E-state index in [1.807, 2.05) is 4.90 Å². The Balaban J connectivity index is 1.80. The fraction of sp³-hybridized carbons (Fsp3) is 0.429. The number of carbonyl (C=O) groups excluding carboxylic acids is 2. The lowest BCUT2D eigenvalue weighted by Crippen LogP contribution is -2.40. The van der Waals surface area contributed by atoms with Crippen LogP contribution < -0.4 is 0 Å². The Kier molecular flexibility index (Phi) is 3.22. The fourth-order valence-electron chi connectivity index (χ4n) is 3.11. The summed E-state index contributed by atoms with van der Waals surface area (Å²) in [4.78, 5) is 36.0. The van der Waals surface area contributed by atoms with Crippen LogP contribution in [-0.4, -0.2) is 56.8 Å². The predicted molar refractivity (Wildman–Crippen MR) is 71.8 cm³/mol. The molecule has 3 rings (SSSR count). The van der Waals surface area contributed by atoms with E-state index in [1.54, 1.807) is 11.0 Å². The summed E-state index contributed by atoms with van der Waals surface area (Å²) in [5, 5.41) is 0. The zero-order chi connectivity index (χ0) is 14.1. The normalized spacial score (nSPS) is 24.9. The van der Waals surface area contributed by atoms with Crippen molar-refractivity contribution < 1.29 is 9.59 Å². The van der Waals surface area contributed by atoms with Crippen LogP contribution in [0.2, 0.25) is 0 Å². The Labute approximate surface area is 117 Å². The Morgan fingerprint density at radius 1 is 1.45 bits per heavy atom. The maximum absolute atomic E-state index is 12.4. The van der Waals surface area contributed by atoms with Crippen LogP contribution in [0.15, 0.2) is 31.2 Å². The molecule has 0 bridgehead atoms. The van der Waals surface area contributed by atoms with E-state index in [2.05, 4.69) is 16.5 Å². The van der Waals surface area contributed by atoms with Gasteiger partial charge in [-0.25, -0.2) is 4.98 Å². The second kappa shape index (κ2) is 5.03. The summed E-state index contributed by atoms with van der Waals surface area (Å²) in [5.74, 6) is -0.0459. The molecule has 0 unspecified atom stereocenters. The first-order valence-corrected chi connectivity index (χ1v) is 6.69. The number of fused-ring (bicyclic) bond motifs is 1. The highest BCUT2D eigenvalue weighted by Crippen LogP contribution is 2.32. The van der Waals surface area contributed by atoms with Crippen molar-refractivity contribution in [3.8, 4) is 0 Å². The molecular formula is C14H16N4O2. The standard InChI is InChI=1S/C14H16N4O2/c1-2-6-17-11-3-7-18(12(11)8-13(17)19)14(20)10-9-15-4-5-16-10/h2,4-5,9,11-12H,1,3,6-8H2/t11-,12-/m0/s1. The van der Waals surface area contributed by atoms with Gasteiger partial charge in [-0.3, -0.25) is 14.6 Å². The first kappa shape index (κ1) is 12.8. The van der Waals surface area contributed by atoms with Crippen LogP contribution in [0.5, 0.6) is 0 Å².